The number of sulfonamides is 1. The molecular formula is C23H28FN3O6S2. The van der Waals surface area contributed by atoms with Gasteiger partial charge in [0.15, 0.2) is 0 Å². The fourth-order valence-electron chi connectivity index (χ4n) is 4.22. The van der Waals surface area contributed by atoms with Gasteiger partial charge in [0.1, 0.15) is 11.4 Å². The van der Waals surface area contributed by atoms with E-state index in [0.717, 1.165) is 0 Å². The zero-order valence-corrected chi connectivity index (χ0v) is 21.4. The Kier molecular flexibility index (Phi) is 6.27. The normalized spacial score (nSPS) is 19.0. The number of ether oxygens (including phenoxy) is 1. The number of aromatic nitrogens is 1. The summed E-state index contributed by atoms with van der Waals surface area (Å²) in [5, 5.41) is 5.72. The number of halogens is 1. The lowest BCUT2D eigenvalue weighted by atomic mass is 9.99. The highest BCUT2D eigenvalue weighted by Crippen LogP contribution is 2.63. The second-order valence-corrected chi connectivity index (χ2v) is 13.2. The number of nitrogens with zero attached hydrogens (tertiary/aromatic N) is 2. The zero-order valence-electron chi connectivity index (χ0n) is 19.7. The molecule has 0 spiro atoms. The van der Waals surface area contributed by atoms with Gasteiger partial charge in [-0.05, 0) is 69.2 Å². The van der Waals surface area contributed by atoms with Crippen molar-refractivity contribution >= 4 is 37.8 Å². The van der Waals surface area contributed by atoms with Crippen molar-refractivity contribution in [2.24, 2.45) is 5.14 Å². The van der Waals surface area contributed by atoms with Crippen molar-refractivity contribution in [3.8, 4) is 11.1 Å². The number of rotatable bonds is 4. The van der Waals surface area contributed by atoms with Crippen LogP contribution in [-0.4, -0.2) is 50.4 Å². The molecule has 1 unspecified atom stereocenters. The summed E-state index contributed by atoms with van der Waals surface area (Å²) in [5.74, 6) is -0.933. The standard InChI is InChI=1S/C23H28FN3O6S2/c1-14-18-11-15(5-8-21(18)35(31,32)27(14)9-10-34(25,29)30)19-13-26(22(28)33-23(2,3)4)20-12-16(24)6-7-17(19)20/h5-8,11-14,31-32H,9-10H2,1-4H3,(H2,25,29,30). The maximum absolute atomic E-state index is 14.1. The Morgan fingerprint density at radius 2 is 1.89 bits per heavy atom. The van der Waals surface area contributed by atoms with E-state index < -0.39 is 50.1 Å². The van der Waals surface area contributed by atoms with Crippen molar-refractivity contribution in [1.82, 2.24) is 8.87 Å². The predicted molar refractivity (Wildman–Crippen MR) is 133 cm³/mol. The van der Waals surface area contributed by atoms with E-state index >= 15 is 0 Å². The molecule has 4 rings (SSSR count). The van der Waals surface area contributed by atoms with E-state index in [9.17, 15) is 26.7 Å². The van der Waals surface area contributed by atoms with Gasteiger partial charge in [-0.25, -0.2) is 22.7 Å². The Labute approximate surface area is 204 Å². The number of hydrogen-bond donors (Lipinski definition) is 3. The SMILES string of the molecule is CC1c2cc(-c3cn(C(=O)OC(C)(C)C)c4cc(F)ccc34)ccc2S(O)(O)N1CCS(N)(=O)=O. The van der Waals surface area contributed by atoms with Gasteiger partial charge in [0, 0.05) is 23.7 Å². The minimum Gasteiger partial charge on any atom is -0.443 e. The molecule has 2 aromatic carbocycles. The molecular weight excluding hydrogens is 497 g/mol. The molecule has 3 aromatic rings. The van der Waals surface area contributed by atoms with Crippen LogP contribution in [-0.2, 0) is 14.8 Å². The molecule has 2 heterocycles. The molecule has 1 atom stereocenters. The molecule has 1 aliphatic heterocycles. The van der Waals surface area contributed by atoms with Crippen molar-refractivity contribution in [3.05, 3.63) is 54.0 Å². The number of hydrogen-bond acceptors (Lipinski definition) is 7. The minimum absolute atomic E-state index is 0.149. The first-order chi connectivity index (χ1) is 16.1. The summed E-state index contributed by atoms with van der Waals surface area (Å²) >= 11 is 0. The van der Waals surface area contributed by atoms with E-state index in [1.165, 1.54) is 21.0 Å². The number of fused-ring (bicyclic) bond motifs is 2. The lowest BCUT2D eigenvalue weighted by Gasteiger charge is -2.38. The summed E-state index contributed by atoms with van der Waals surface area (Å²) in [6, 6.07) is 8.64. The molecule has 0 fully saturated rings. The van der Waals surface area contributed by atoms with Crippen LogP contribution in [0.1, 0.15) is 39.3 Å². The van der Waals surface area contributed by atoms with Gasteiger partial charge in [-0.3, -0.25) is 13.7 Å². The lowest BCUT2D eigenvalue weighted by molar-refractivity contribution is 0.0544. The van der Waals surface area contributed by atoms with Gasteiger partial charge in [-0.15, -0.1) is 10.8 Å². The highest BCUT2D eigenvalue weighted by Gasteiger charge is 2.41. The van der Waals surface area contributed by atoms with Gasteiger partial charge in [-0.1, -0.05) is 6.07 Å². The van der Waals surface area contributed by atoms with E-state index in [1.807, 2.05) is 0 Å². The third-order valence-electron chi connectivity index (χ3n) is 5.78. The molecule has 0 bridgehead atoms. The largest absolute Gasteiger partial charge is 0.443 e. The summed E-state index contributed by atoms with van der Waals surface area (Å²) in [5.41, 5.74) is 1.48. The van der Waals surface area contributed by atoms with Crippen molar-refractivity contribution in [3.63, 3.8) is 0 Å². The fourth-order valence-corrected chi connectivity index (χ4v) is 6.74. The number of carbonyl (C=O) groups is 1. The Balaban J connectivity index is 1.80. The van der Waals surface area contributed by atoms with Crippen LogP contribution in [0, 0.1) is 5.82 Å². The number of primary sulfonamides is 1. The van der Waals surface area contributed by atoms with Crippen LogP contribution in [0.5, 0.6) is 0 Å². The van der Waals surface area contributed by atoms with Gasteiger partial charge in [-0.2, -0.15) is 4.31 Å². The van der Waals surface area contributed by atoms with E-state index in [0.29, 0.717) is 32.5 Å². The highest BCUT2D eigenvalue weighted by atomic mass is 32.3. The number of carbonyl (C=O) groups excluding carboxylic acids is 1. The molecule has 4 N–H and O–H groups in total. The average molecular weight is 526 g/mol. The Morgan fingerprint density at radius 3 is 2.51 bits per heavy atom. The minimum atomic E-state index is -3.80. The molecule has 1 aliphatic rings. The smallest absolute Gasteiger partial charge is 0.419 e. The van der Waals surface area contributed by atoms with Crippen LogP contribution in [0.3, 0.4) is 0 Å². The first-order valence-electron chi connectivity index (χ1n) is 10.8. The van der Waals surface area contributed by atoms with E-state index in [-0.39, 0.29) is 6.54 Å². The number of nitrogens with two attached hydrogens (primary N) is 1. The monoisotopic (exact) mass is 525 g/mol. The molecule has 12 heteroatoms. The molecule has 35 heavy (non-hydrogen) atoms. The Bertz CT molecular complexity index is 1430. The molecule has 190 valence electrons. The van der Waals surface area contributed by atoms with E-state index in [4.69, 9.17) is 9.88 Å². The van der Waals surface area contributed by atoms with Crippen LogP contribution >= 0.6 is 10.8 Å². The third kappa shape index (κ3) is 4.95. The van der Waals surface area contributed by atoms with E-state index in [2.05, 4.69) is 0 Å². The van der Waals surface area contributed by atoms with Gasteiger partial charge >= 0.3 is 6.09 Å². The Hall–Kier alpha value is -2.48. The lowest BCUT2D eigenvalue weighted by Crippen LogP contribution is -2.32. The summed E-state index contributed by atoms with van der Waals surface area (Å²) in [6.45, 7) is 6.80. The summed E-state index contributed by atoms with van der Waals surface area (Å²) in [6.07, 6.45) is 0.910. The maximum Gasteiger partial charge on any atom is 0.419 e. The summed E-state index contributed by atoms with van der Waals surface area (Å²) in [7, 11) is -7.21. The second kappa shape index (κ2) is 8.57. The van der Waals surface area contributed by atoms with Crippen molar-refractivity contribution < 1.29 is 31.4 Å². The molecule has 0 saturated heterocycles. The maximum atomic E-state index is 14.1. The Morgan fingerprint density at radius 1 is 1.20 bits per heavy atom. The molecule has 0 saturated carbocycles. The topological polar surface area (TPSA) is 135 Å². The summed E-state index contributed by atoms with van der Waals surface area (Å²) < 4.78 is 66.7. The van der Waals surface area contributed by atoms with Crippen LogP contribution in [0.25, 0.3) is 22.0 Å². The van der Waals surface area contributed by atoms with Crippen LogP contribution in [0.4, 0.5) is 9.18 Å². The first-order valence-corrected chi connectivity index (χ1v) is 14.0. The van der Waals surface area contributed by atoms with Crippen LogP contribution in [0.2, 0.25) is 0 Å². The van der Waals surface area contributed by atoms with Gasteiger partial charge in [0.2, 0.25) is 10.0 Å². The highest BCUT2D eigenvalue weighted by molar-refractivity contribution is 8.22. The number of benzene rings is 2. The third-order valence-corrected chi connectivity index (χ3v) is 8.65. The zero-order chi connectivity index (χ0) is 25.9. The fraction of sp³-hybridized carbons (Fsp3) is 0.348. The quantitative estimate of drug-likeness (QED) is 0.440. The molecule has 1 aromatic heterocycles. The van der Waals surface area contributed by atoms with Crippen molar-refractivity contribution in [2.45, 2.75) is 44.2 Å². The second-order valence-electron chi connectivity index (χ2n) is 9.51. The average Bonchev–Trinajstić information content (AvgIpc) is 3.17. The molecule has 0 radical (unpaired) electrons. The van der Waals surface area contributed by atoms with E-state index in [1.54, 1.807) is 58.2 Å². The molecule has 0 amide bonds. The van der Waals surface area contributed by atoms with Gasteiger partial charge in [0.05, 0.1) is 22.2 Å². The summed E-state index contributed by atoms with van der Waals surface area (Å²) in [4.78, 5) is 13.1. The molecule has 9 nitrogen and oxygen atoms in total. The van der Waals surface area contributed by atoms with Gasteiger partial charge < -0.3 is 4.74 Å². The van der Waals surface area contributed by atoms with Crippen LogP contribution in [0.15, 0.2) is 47.5 Å². The predicted octanol–water partition coefficient (Wildman–Crippen LogP) is 4.92. The molecule has 0 aliphatic carbocycles. The van der Waals surface area contributed by atoms with Crippen molar-refractivity contribution in [2.75, 3.05) is 12.3 Å². The van der Waals surface area contributed by atoms with Crippen LogP contribution < -0.4 is 5.14 Å². The van der Waals surface area contributed by atoms with Crippen molar-refractivity contribution in [1.29, 1.82) is 0 Å². The van der Waals surface area contributed by atoms with Gasteiger partial charge in [0.25, 0.3) is 0 Å². The first kappa shape index (κ1) is 25.6.